The minimum atomic E-state index is -0.927. The van der Waals surface area contributed by atoms with E-state index in [0.29, 0.717) is 0 Å². The number of carbonyl (C=O) groups excluding carboxylic acids is 3. The van der Waals surface area contributed by atoms with Crippen molar-refractivity contribution in [1.82, 2.24) is 24.8 Å². The van der Waals surface area contributed by atoms with Gasteiger partial charge in [0.2, 0.25) is 11.9 Å². The van der Waals surface area contributed by atoms with Crippen molar-refractivity contribution in [3.63, 3.8) is 0 Å². The highest BCUT2D eigenvalue weighted by atomic mass is 32.1. The number of thiophene rings is 1. The third kappa shape index (κ3) is 3.96. The highest BCUT2D eigenvalue weighted by Gasteiger charge is 2.44. The van der Waals surface area contributed by atoms with E-state index in [-0.39, 0.29) is 30.8 Å². The number of urea groups is 1. The lowest BCUT2D eigenvalue weighted by Crippen LogP contribution is -2.33. The van der Waals surface area contributed by atoms with Gasteiger partial charge in [-0.1, -0.05) is 23.8 Å². The number of carbonyl (C=O) groups is 3. The molecule has 11 heteroatoms. The number of nitrogens with two attached hydrogens (primary N) is 1. The molecule has 0 saturated carbocycles. The highest BCUT2D eigenvalue weighted by Crippen LogP contribution is 2.21. The number of aryl methyl sites for hydroxylation is 1. The maximum absolute atomic E-state index is 12.6. The molecule has 1 aliphatic heterocycles. The normalized spacial score (nSPS) is 14.0. The van der Waals surface area contributed by atoms with E-state index in [1.807, 2.05) is 36.6 Å². The first-order valence-corrected chi connectivity index (χ1v) is 9.82. The van der Waals surface area contributed by atoms with Crippen LogP contribution in [-0.4, -0.2) is 42.6 Å². The largest absolute Gasteiger partial charge is 0.368 e. The van der Waals surface area contributed by atoms with Gasteiger partial charge in [0, 0.05) is 10.6 Å². The van der Waals surface area contributed by atoms with Gasteiger partial charge in [0.15, 0.2) is 5.82 Å². The fraction of sp³-hybridized carbons (Fsp3) is 0.158. The van der Waals surface area contributed by atoms with E-state index in [1.165, 1.54) is 11.3 Å². The first-order chi connectivity index (χ1) is 14.4. The number of imide groups is 2. The number of benzene rings is 1. The molecule has 0 spiro atoms. The maximum Gasteiger partial charge on any atom is 0.334 e. The summed E-state index contributed by atoms with van der Waals surface area (Å²) in [6, 6.07) is 10.4. The molecule has 0 atom stereocenters. The van der Waals surface area contributed by atoms with Crippen LogP contribution in [-0.2, 0) is 22.7 Å². The molecule has 1 aliphatic rings. The van der Waals surface area contributed by atoms with E-state index in [4.69, 9.17) is 5.73 Å². The van der Waals surface area contributed by atoms with Gasteiger partial charge >= 0.3 is 17.8 Å². The Balaban J connectivity index is 1.52. The summed E-state index contributed by atoms with van der Waals surface area (Å²) in [7, 11) is 0. The molecule has 0 radical (unpaired) electrons. The van der Waals surface area contributed by atoms with Crippen molar-refractivity contribution in [2.45, 2.75) is 20.0 Å². The van der Waals surface area contributed by atoms with Crippen LogP contribution < -0.4 is 11.1 Å². The van der Waals surface area contributed by atoms with Crippen LogP contribution in [0.25, 0.3) is 0 Å². The van der Waals surface area contributed by atoms with Crippen LogP contribution in [0.15, 0.2) is 41.8 Å². The first-order valence-electron chi connectivity index (χ1n) is 8.94. The zero-order chi connectivity index (χ0) is 21.3. The van der Waals surface area contributed by atoms with Gasteiger partial charge in [0.1, 0.15) is 0 Å². The lowest BCUT2D eigenvalue weighted by Gasteiger charge is -2.15. The summed E-state index contributed by atoms with van der Waals surface area (Å²) in [6.07, 6.45) is 0. The van der Waals surface area contributed by atoms with E-state index in [2.05, 4.69) is 20.3 Å². The molecule has 30 heavy (non-hydrogen) atoms. The van der Waals surface area contributed by atoms with Crippen molar-refractivity contribution >= 4 is 46.8 Å². The van der Waals surface area contributed by atoms with Crippen molar-refractivity contribution < 1.29 is 14.4 Å². The number of amides is 4. The molecule has 1 saturated heterocycles. The van der Waals surface area contributed by atoms with Crippen LogP contribution in [0.5, 0.6) is 0 Å². The van der Waals surface area contributed by atoms with Gasteiger partial charge in [-0.2, -0.15) is 15.0 Å². The second kappa shape index (κ2) is 7.87. The molecule has 3 heterocycles. The van der Waals surface area contributed by atoms with E-state index >= 15 is 0 Å². The predicted molar refractivity (Wildman–Crippen MR) is 110 cm³/mol. The number of hydrogen-bond donors (Lipinski definition) is 2. The van der Waals surface area contributed by atoms with Crippen molar-refractivity contribution in [2.75, 3.05) is 11.1 Å². The quantitative estimate of drug-likeness (QED) is 0.454. The number of hydrogen-bond acceptors (Lipinski definition) is 9. The third-order valence-electron chi connectivity index (χ3n) is 4.34. The lowest BCUT2D eigenvalue weighted by atomic mass is 10.2. The van der Waals surface area contributed by atoms with Crippen LogP contribution >= 0.6 is 11.3 Å². The summed E-state index contributed by atoms with van der Waals surface area (Å²) in [6.45, 7) is 1.71. The molecule has 0 bridgehead atoms. The fourth-order valence-corrected chi connectivity index (χ4v) is 3.55. The smallest absolute Gasteiger partial charge is 0.334 e. The van der Waals surface area contributed by atoms with Crippen molar-refractivity contribution in [3.8, 4) is 0 Å². The maximum atomic E-state index is 12.6. The average molecular weight is 423 g/mol. The Morgan fingerprint density at radius 1 is 0.967 bits per heavy atom. The molecule has 0 aliphatic carbocycles. The van der Waals surface area contributed by atoms with Crippen LogP contribution in [0.4, 0.5) is 22.4 Å². The van der Waals surface area contributed by atoms with Crippen LogP contribution in [0.2, 0.25) is 0 Å². The average Bonchev–Trinajstić information content (AvgIpc) is 3.29. The molecular formula is C19H17N7O3S. The summed E-state index contributed by atoms with van der Waals surface area (Å²) in [5.74, 6) is -1.63. The minimum Gasteiger partial charge on any atom is -0.368 e. The molecule has 3 aromatic rings. The van der Waals surface area contributed by atoms with Crippen LogP contribution in [0.1, 0.15) is 16.3 Å². The van der Waals surface area contributed by atoms with Crippen molar-refractivity contribution in [2.24, 2.45) is 0 Å². The Morgan fingerprint density at radius 3 is 2.33 bits per heavy atom. The highest BCUT2D eigenvalue weighted by molar-refractivity contribution is 7.09. The molecule has 152 valence electrons. The number of nitrogens with one attached hydrogen (secondary N) is 1. The number of nitrogens with zero attached hydrogens (tertiary/aromatic N) is 5. The second-order valence-electron chi connectivity index (χ2n) is 6.57. The Labute approximate surface area is 175 Å². The van der Waals surface area contributed by atoms with Gasteiger partial charge in [-0.05, 0) is 30.5 Å². The van der Waals surface area contributed by atoms with Gasteiger partial charge < -0.3 is 11.1 Å². The molecule has 0 unspecified atom stereocenters. The number of anilines is 3. The zero-order valence-electron chi connectivity index (χ0n) is 15.9. The standard InChI is InChI=1S/C19H17N7O3S/c1-11-4-6-12(7-5-11)21-18-23-14(22-17(20)24-18)10-26-16(28)15(27)25(19(26)29)9-13-3-2-8-30-13/h2-8H,9-10H2,1H3,(H3,20,21,22,23,24). The molecule has 4 amide bonds. The SMILES string of the molecule is Cc1ccc(Nc2nc(N)nc(CN3C(=O)C(=O)N(Cc4cccs4)C3=O)n2)cc1. The summed E-state index contributed by atoms with van der Waals surface area (Å²) >= 11 is 1.39. The van der Waals surface area contributed by atoms with Crippen molar-refractivity contribution in [3.05, 3.63) is 58.0 Å². The van der Waals surface area contributed by atoms with Gasteiger partial charge in [-0.15, -0.1) is 11.3 Å². The van der Waals surface area contributed by atoms with Crippen molar-refractivity contribution in [1.29, 1.82) is 0 Å². The summed E-state index contributed by atoms with van der Waals surface area (Å²) < 4.78 is 0. The van der Waals surface area contributed by atoms with Gasteiger partial charge in [-0.3, -0.25) is 14.5 Å². The van der Waals surface area contributed by atoms with E-state index in [0.717, 1.165) is 25.9 Å². The lowest BCUT2D eigenvalue weighted by molar-refractivity contribution is -0.143. The predicted octanol–water partition coefficient (Wildman–Crippen LogP) is 2.06. The number of nitrogen functional groups attached to an aromatic ring is 1. The molecular weight excluding hydrogens is 406 g/mol. The topological polar surface area (TPSA) is 134 Å². The summed E-state index contributed by atoms with van der Waals surface area (Å²) in [4.78, 5) is 52.0. The summed E-state index contributed by atoms with van der Waals surface area (Å²) in [5, 5.41) is 4.83. The Hall–Kier alpha value is -3.86. The second-order valence-corrected chi connectivity index (χ2v) is 7.60. The summed E-state index contributed by atoms with van der Waals surface area (Å²) in [5.41, 5.74) is 7.59. The number of rotatable bonds is 6. The van der Waals surface area contributed by atoms with Crippen LogP contribution in [0.3, 0.4) is 0 Å². The molecule has 4 rings (SSSR count). The van der Waals surface area contributed by atoms with Gasteiger partial charge in [0.25, 0.3) is 0 Å². The van der Waals surface area contributed by atoms with E-state index in [1.54, 1.807) is 12.1 Å². The molecule has 2 aromatic heterocycles. The first kappa shape index (κ1) is 19.5. The Bertz CT molecular complexity index is 1120. The fourth-order valence-electron chi connectivity index (χ4n) is 2.86. The molecule has 10 nitrogen and oxygen atoms in total. The molecule has 1 fully saturated rings. The molecule has 1 aromatic carbocycles. The van der Waals surface area contributed by atoms with E-state index in [9.17, 15) is 14.4 Å². The minimum absolute atomic E-state index is 0.0388. The van der Waals surface area contributed by atoms with E-state index < -0.39 is 17.8 Å². The van der Waals surface area contributed by atoms with Gasteiger partial charge in [-0.25, -0.2) is 9.69 Å². The van der Waals surface area contributed by atoms with Gasteiger partial charge in [0.05, 0.1) is 13.1 Å². The number of aromatic nitrogens is 3. The monoisotopic (exact) mass is 423 g/mol. The molecule has 3 N–H and O–H groups in total. The third-order valence-corrected chi connectivity index (χ3v) is 5.20. The Morgan fingerprint density at radius 2 is 1.67 bits per heavy atom. The zero-order valence-corrected chi connectivity index (χ0v) is 16.7. The van der Waals surface area contributed by atoms with Crippen LogP contribution in [0, 0.1) is 6.92 Å². The Kier molecular flexibility index (Phi) is 5.11.